The summed E-state index contributed by atoms with van der Waals surface area (Å²) in [5.74, 6) is -1.30. The highest BCUT2D eigenvalue weighted by Gasteiger charge is 2.10. The molecule has 1 heterocycles. The minimum Gasteiger partial charge on any atom is -0.380 e. The highest BCUT2D eigenvalue weighted by molar-refractivity contribution is 6.04. The lowest BCUT2D eigenvalue weighted by atomic mass is 10.2. The van der Waals surface area contributed by atoms with E-state index in [4.69, 9.17) is 0 Å². The average Bonchev–Trinajstić information content (AvgIpc) is 2.63. The van der Waals surface area contributed by atoms with E-state index in [1.54, 1.807) is 36.4 Å². The number of rotatable bonds is 5. The van der Waals surface area contributed by atoms with Crippen molar-refractivity contribution in [3.63, 3.8) is 0 Å². The number of para-hydroxylation sites is 1. The largest absolute Gasteiger partial charge is 0.380 e. The molecule has 0 radical (unpaired) electrons. The molecule has 1 aromatic heterocycles. The predicted octanol–water partition coefficient (Wildman–Crippen LogP) is 4.22. The number of hydrogen-bond acceptors (Lipinski definition) is 3. The molecule has 4 nitrogen and oxygen atoms in total. The molecular weight excluding hydrogens is 324 g/mol. The van der Waals surface area contributed by atoms with Gasteiger partial charge in [-0.05, 0) is 24.3 Å². The van der Waals surface area contributed by atoms with E-state index in [-0.39, 0.29) is 23.6 Å². The van der Waals surface area contributed by atoms with Crippen LogP contribution in [0.25, 0.3) is 0 Å². The first-order valence-corrected chi connectivity index (χ1v) is 7.61. The Morgan fingerprint density at radius 2 is 1.68 bits per heavy atom. The van der Waals surface area contributed by atoms with Gasteiger partial charge in [0.2, 0.25) is 0 Å². The van der Waals surface area contributed by atoms with Crippen molar-refractivity contribution in [2.45, 2.75) is 6.54 Å². The normalized spacial score (nSPS) is 10.3. The van der Waals surface area contributed by atoms with Gasteiger partial charge in [0.05, 0.1) is 16.9 Å². The molecule has 2 aromatic carbocycles. The first-order valence-electron chi connectivity index (χ1n) is 7.61. The number of anilines is 2. The van der Waals surface area contributed by atoms with Crippen LogP contribution in [-0.2, 0) is 6.54 Å². The number of amides is 1. The summed E-state index contributed by atoms with van der Waals surface area (Å²) < 4.78 is 27.2. The van der Waals surface area contributed by atoms with E-state index in [1.165, 1.54) is 30.6 Å². The maximum absolute atomic E-state index is 13.6. The Kier molecular flexibility index (Phi) is 4.99. The summed E-state index contributed by atoms with van der Waals surface area (Å²) in [6.45, 7) is 0.257. The lowest BCUT2D eigenvalue weighted by Gasteiger charge is -2.09. The molecule has 1 amide bonds. The molecular formula is C19H15F2N3O. The van der Waals surface area contributed by atoms with E-state index < -0.39 is 11.7 Å². The second-order valence-electron chi connectivity index (χ2n) is 5.34. The van der Waals surface area contributed by atoms with Crippen molar-refractivity contribution < 1.29 is 13.6 Å². The number of aromatic nitrogens is 1. The number of nitrogens with one attached hydrogen (secondary N) is 2. The second kappa shape index (κ2) is 7.53. The molecule has 3 aromatic rings. The van der Waals surface area contributed by atoms with E-state index in [1.807, 2.05) is 0 Å². The average molecular weight is 339 g/mol. The van der Waals surface area contributed by atoms with Crippen LogP contribution < -0.4 is 10.6 Å². The standard InChI is InChI=1S/C19H15F2N3O/c20-16-6-2-1-5-13(16)11-23-15-9-14(10-22-12-15)19(25)24-18-8-4-3-7-17(18)21/h1-10,12,23H,11H2,(H,24,25). The van der Waals surface area contributed by atoms with Gasteiger partial charge in [0.25, 0.3) is 5.91 Å². The van der Waals surface area contributed by atoms with E-state index in [0.717, 1.165) is 0 Å². The van der Waals surface area contributed by atoms with E-state index in [9.17, 15) is 13.6 Å². The van der Waals surface area contributed by atoms with Crippen LogP contribution >= 0.6 is 0 Å². The first kappa shape index (κ1) is 16.6. The molecule has 0 saturated carbocycles. The van der Waals surface area contributed by atoms with Crippen LogP contribution in [0.15, 0.2) is 67.0 Å². The molecule has 0 spiro atoms. The van der Waals surface area contributed by atoms with Gasteiger partial charge in [-0.1, -0.05) is 30.3 Å². The van der Waals surface area contributed by atoms with Crippen LogP contribution in [0.3, 0.4) is 0 Å². The van der Waals surface area contributed by atoms with E-state index in [0.29, 0.717) is 11.3 Å². The van der Waals surface area contributed by atoms with E-state index in [2.05, 4.69) is 15.6 Å². The lowest BCUT2D eigenvalue weighted by Crippen LogP contribution is -2.13. The summed E-state index contributed by atoms with van der Waals surface area (Å²) in [4.78, 5) is 16.2. The SMILES string of the molecule is O=C(Nc1ccccc1F)c1cncc(NCc2ccccc2F)c1. The fourth-order valence-corrected chi connectivity index (χ4v) is 2.26. The smallest absolute Gasteiger partial charge is 0.257 e. The maximum Gasteiger partial charge on any atom is 0.257 e. The van der Waals surface area contributed by atoms with Gasteiger partial charge in [-0.3, -0.25) is 9.78 Å². The minimum atomic E-state index is -0.516. The van der Waals surface area contributed by atoms with Crippen LogP contribution in [0, 0.1) is 11.6 Å². The van der Waals surface area contributed by atoms with E-state index >= 15 is 0 Å². The van der Waals surface area contributed by atoms with Gasteiger partial charge < -0.3 is 10.6 Å². The number of hydrogen-bond donors (Lipinski definition) is 2. The van der Waals surface area contributed by atoms with Crippen molar-refractivity contribution >= 4 is 17.3 Å². The van der Waals surface area contributed by atoms with Crippen LogP contribution in [0.5, 0.6) is 0 Å². The lowest BCUT2D eigenvalue weighted by molar-refractivity contribution is 0.102. The Morgan fingerprint density at radius 1 is 0.960 bits per heavy atom. The zero-order chi connectivity index (χ0) is 17.6. The van der Waals surface area contributed by atoms with Gasteiger partial charge in [0.15, 0.2) is 0 Å². The van der Waals surface area contributed by atoms with Crippen molar-refractivity contribution in [2.75, 3.05) is 10.6 Å². The van der Waals surface area contributed by atoms with Gasteiger partial charge in [0, 0.05) is 24.5 Å². The summed E-state index contributed by atoms with van der Waals surface area (Å²) in [6.07, 6.45) is 2.91. The molecule has 25 heavy (non-hydrogen) atoms. The van der Waals surface area contributed by atoms with Crippen molar-refractivity contribution in [1.82, 2.24) is 4.98 Å². The van der Waals surface area contributed by atoms with Gasteiger partial charge >= 0.3 is 0 Å². The Balaban J connectivity index is 1.70. The summed E-state index contributed by atoms with van der Waals surface area (Å²) in [5, 5.41) is 5.51. The Morgan fingerprint density at radius 3 is 2.44 bits per heavy atom. The van der Waals surface area contributed by atoms with Gasteiger partial charge in [-0.25, -0.2) is 8.78 Å². The second-order valence-corrected chi connectivity index (χ2v) is 5.34. The first-order chi connectivity index (χ1) is 12.1. The third-order valence-corrected chi connectivity index (χ3v) is 3.56. The highest BCUT2D eigenvalue weighted by atomic mass is 19.1. The fraction of sp³-hybridized carbons (Fsp3) is 0.0526. The molecule has 126 valence electrons. The molecule has 0 atom stereocenters. The number of carbonyl (C=O) groups is 1. The molecule has 3 rings (SSSR count). The monoisotopic (exact) mass is 339 g/mol. The molecule has 0 saturated heterocycles. The van der Waals surface area contributed by atoms with Crippen molar-refractivity contribution in [3.8, 4) is 0 Å². The summed E-state index contributed by atoms with van der Waals surface area (Å²) in [5.41, 5.74) is 1.42. The molecule has 0 aliphatic carbocycles. The number of benzene rings is 2. The van der Waals surface area contributed by atoms with Gasteiger partial charge in [-0.15, -0.1) is 0 Å². The van der Waals surface area contributed by atoms with Crippen LogP contribution in [0.4, 0.5) is 20.2 Å². The zero-order valence-electron chi connectivity index (χ0n) is 13.2. The molecule has 0 unspecified atom stereocenters. The summed E-state index contributed by atoms with van der Waals surface area (Å²) in [7, 11) is 0. The Labute approximate surface area is 143 Å². The van der Waals surface area contributed by atoms with Crippen molar-refractivity contribution in [1.29, 1.82) is 0 Å². The molecule has 0 aliphatic heterocycles. The zero-order valence-corrected chi connectivity index (χ0v) is 13.2. The van der Waals surface area contributed by atoms with Crippen molar-refractivity contribution in [3.05, 3.63) is 89.8 Å². The number of halogens is 2. The summed E-state index contributed by atoms with van der Waals surface area (Å²) >= 11 is 0. The number of nitrogens with zero attached hydrogens (tertiary/aromatic N) is 1. The van der Waals surface area contributed by atoms with Gasteiger partial charge in [-0.2, -0.15) is 0 Å². The molecule has 0 bridgehead atoms. The molecule has 6 heteroatoms. The fourth-order valence-electron chi connectivity index (χ4n) is 2.26. The Hall–Kier alpha value is -3.28. The number of carbonyl (C=O) groups excluding carboxylic acids is 1. The summed E-state index contributed by atoms with van der Waals surface area (Å²) in [6, 6.07) is 13.9. The minimum absolute atomic E-state index is 0.0946. The topological polar surface area (TPSA) is 54.0 Å². The third kappa shape index (κ3) is 4.17. The third-order valence-electron chi connectivity index (χ3n) is 3.56. The van der Waals surface area contributed by atoms with Crippen LogP contribution in [-0.4, -0.2) is 10.9 Å². The van der Waals surface area contributed by atoms with Crippen LogP contribution in [0.1, 0.15) is 15.9 Å². The molecule has 2 N–H and O–H groups in total. The molecule has 0 fully saturated rings. The highest BCUT2D eigenvalue weighted by Crippen LogP contribution is 2.16. The maximum atomic E-state index is 13.6. The Bertz CT molecular complexity index is 899. The van der Waals surface area contributed by atoms with Crippen molar-refractivity contribution in [2.24, 2.45) is 0 Å². The van der Waals surface area contributed by atoms with Gasteiger partial charge in [0.1, 0.15) is 11.6 Å². The van der Waals surface area contributed by atoms with Crippen LogP contribution in [0.2, 0.25) is 0 Å². The quantitative estimate of drug-likeness (QED) is 0.732. The predicted molar refractivity (Wildman–Crippen MR) is 92.3 cm³/mol. The molecule has 0 aliphatic rings. The number of pyridine rings is 1.